The van der Waals surface area contributed by atoms with E-state index in [1.807, 2.05) is 13.0 Å². The van der Waals surface area contributed by atoms with Crippen LogP contribution in [0.4, 0.5) is 5.69 Å². The first kappa shape index (κ1) is 10.6. The number of halogens is 1. The summed E-state index contributed by atoms with van der Waals surface area (Å²) < 4.78 is 0.699. The Labute approximate surface area is 96.6 Å². The molecule has 1 saturated heterocycles. The molecule has 1 aromatic heterocycles. The van der Waals surface area contributed by atoms with E-state index in [1.165, 1.54) is 0 Å². The lowest BCUT2D eigenvalue weighted by Crippen LogP contribution is -2.29. The molecule has 0 radical (unpaired) electrons. The second kappa shape index (κ2) is 3.90. The SMILES string of the molecule is Cc1ccnc(Br)c1N1CC(N)CC1=O. The number of rotatable bonds is 1. The van der Waals surface area contributed by atoms with Gasteiger partial charge in [0.1, 0.15) is 4.60 Å². The van der Waals surface area contributed by atoms with Gasteiger partial charge in [-0.2, -0.15) is 0 Å². The van der Waals surface area contributed by atoms with Crippen LogP contribution in [0, 0.1) is 6.92 Å². The molecular weight excluding hydrogens is 258 g/mol. The fourth-order valence-electron chi connectivity index (χ4n) is 1.79. The van der Waals surface area contributed by atoms with E-state index in [2.05, 4.69) is 20.9 Å². The molecule has 15 heavy (non-hydrogen) atoms. The molecule has 1 amide bonds. The van der Waals surface area contributed by atoms with Crippen LogP contribution in [0.1, 0.15) is 12.0 Å². The number of pyridine rings is 1. The molecule has 0 spiro atoms. The Kier molecular flexibility index (Phi) is 2.75. The van der Waals surface area contributed by atoms with Gasteiger partial charge in [-0.25, -0.2) is 4.98 Å². The van der Waals surface area contributed by atoms with Crippen molar-refractivity contribution in [2.75, 3.05) is 11.4 Å². The van der Waals surface area contributed by atoms with E-state index in [1.54, 1.807) is 11.1 Å². The van der Waals surface area contributed by atoms with Gasteiger partial charge in [0.15, 0.2) is 0 Å². The van der Waals surface area contributed by atoms with E-state index >= 15 is 0 Å². The number of amides is 1. The van der Waals surface area contributed by atoms with Gasteiger partial charge in [0.25, 0.3) is 0 Å². The molecule has 1 fully saturated rings. The van der Waals surface area contributed by atoms with Crippen LogP contribution in [0.3, 0.4) is 0 Å². The Hall–Kier alpha value is -0.940. The molecule has 1 aliphatic rings. The fraction of sp³-hybridized carbons (Fsp3) is 0.400. The third-order valence-electron chi connectivity index (χ3n) is 2.51. The highest BCUT2D eigenvalue weighted by atomic mass is 79.9. The van der Waals surface area contributed by atoms with E-state index in [4.69, 9.17) is 5.73 Å². The number of carbonyl (C=O) groups is 1. The van der Waals surface area contributed by atoms with Crippen molar-refractivity contribution in [2.24, 2.45) is 5.73 Å². The van der Waals surface area contributed by atoms with Crippen molar-refractivity contribution in [1.82, 2.24) is 4.98 Å². The predicted octanol–water partition coefficient (Wildman–Crippen LogP) is 1.22. The maximum absolute atomic E-state index is 11.7. The van der Waals surface area contributed by atoms with E-state index in [-0.39, 0.29) is 11.9 Å². The van der Waals surface area contributed by atoms with Crippen molar-refractivity contribution >= 4 is 27.5 Å². The van der Waals surface area contributed by atoms with Crippen LogP contribution in [0.15, 0.2) is 16.9 Å². The van der Waals surface area contributed by atoms with Gasteiger partial charge in [0.2, 0.25) is 5.91 Å². The number of hydrogen-bond donors (Lipinski definition) is 1. The first-order valence-electron chi connectivity index (χ1n) is 4.76. The minimum Gasteiger partial charge on any atom is -0.326 e. The van der Waals surface area contributed by atoms with E-state index in [9.17, 15) is 4.79 Å². The zero-order valence-electron chi connectivity index (χ0n) is 8.40. The molecule has 0 aliphatic carbocycles. The monoisotopic (exact) mass is 269 g/mol. The molecule has 4 nitrogen and oxygen atoms in total. The summed E-state index contributed by atoms with van der Waals surface area (Å²) in [6.45, 7) is 2.53. The highest BCUT2D eigenvalue weighted by Gasteiger charge is 2.30. The molecule has 1 atom stereocenters. The molecule has 5 heteroatoms. The Morgan fingerprint density at radius 3 is 2.93 bits per heavy atom. The lowest BCUT2D eigenvalue weighted by atomic mass is 10.2. The van der Waals surface area contributed by atoms with Crippen LogP contribution in [0.5, 0.6) is 0 Å². The maximum Gasteiger partial charge on any atom is 0.228 e. The third kappa shape index (κ3) is 1.89. The zero-order chi connectivity index (χ0) is 11.0. The van der Waals surface area contributed by atoms with Gasteiger partial charge >= 0.3 is 0 Å². The Bertz CT molecular complexity index is 387. The normalized spacial score (nSPS) is 21.1. The summed E-state index contributed by atoms with van der Waals surface area (Å²) in [5.74, 6) is 0.0688. The molecule has 80 valence electrons. The minimum atomic E-state index is -0.0657. The zero-order valence-corrected chi connectivity index (χ0v) is 9.99. The highest BCUT2D eigenvalue weighted by molar-refractivity contribution is 9.10. The highest BCUT2D eigenvalue weighted by Crippen LogP contribution is 2.30. The van der Waals surface area contributed by atoms with Crippen LogP contribution in [0.2, 0.25) is 0 Å². The average molecular weight is 270 g/mol. The van der Waals surface area contributed by atoms with Crippen molar-refractivity contribution in [3.05, 3.63) is 22.4 Å². The molecular formula is C10H12BrN3O. The Morgan fingerprint density at radius 1 is 1.67 bits per heavy atom. The first-order chi connectivity index (χ1) is 7.09. The van der Waals surface area contributed by atoms with E-state index in [0.717, 1.165) is 11.3 Å². The van der Waals surface area contributed by atoms with Crippen molar-refractivity contribution in [3.63, 3.8) is 0 Å². The second-order valence-electron chi connectivity index (χ2n) is 3.74. The standard InChI is InChI=1S/C10H12BrN3O/c1-6-2-3-13-10(11)9(6)14-5-7(12)4-8(14)15/h2-3,7H,4-5,12H2,1H3. The molecule has 2 heterocycles. The molecule has 0 saturated carbocycles. The summed E-state index contributed by atoms with van der Waals surface area (Å²) in [5.41, 5.74) is 7.62. The van der Waals surface area contributed by atoms with Gasteiger partial charge in [-0.15, -0.1) is 0 Å². The molecule has 2 N–H and O–H groups in total. The van der Waals surface area contributed by atoms with Gasteiger partial charge in [-0.05, 0) is 34.5 Å². The van der Waals surface area contributed by atoms with Gasteiger partial charge in [-0.3, -0.25) is 4.79 Å². The summed E-state index contributed by atoms with van der Waals surface area (Å²) in [4.78, 5) is 17.5. The number of aromatic nitrogens is 1. The van der Waals surface area contributed by atoms with Gasteiger partial charge in [0.05, 0.1) is 5.69 Å². The number of aryl methyl sites for hydroxylation is 1. The summed E-state index contributed by atoms with van der Waals surface area (Å²) in [7, 11) is 0. The Morgan fingerprint density at radius 2 is 2.40 bits per heavy atom. The molecule has 1 unspecified atom stereocenters. The van der Waals surface area contributed by atoms with E-state index < -0.39 is 0 Å². The molecule has 0 bridgehead atoms. The summed E-state index contributed by atoms with van der Waals surface area (Å²) in [5, 5.41) is 0. The predicted molar refractivity (Wildman–Crippen MR) is 61.6 cm³/mol. The largest absolute Gasteiger partial charge is 0.326 e. The lowest BCUT2D eigenvalue weighted by Gasteiger charge is -2.19. The summed E-state index contributed by atoms with van der Waals surface area (Å²) in [6.07, 6.45) is 2.13. The van der Waals surface area contributed by atoms with E-state index in [0.29, 0.717) is 17.6 Å². The number of nitrogens with two attached hydrogens (primary N) is 1. The van der Waals surface area contributed by atoms with Crippen LogP contribution in [-0.2, 0) is 4.79 Å². The summed E-state index contributed by atoms with van der Waals surface area (Å²) in [6, 6.07) is 1.82. The Balaban J connectivity index is 2.41. The van der Waals surface area contributed by atoms with Crippen LogP contribution in [0.25, 0.3) is 0 Å². The topological polar surface area (TPSA) is 59.2 Å². The molecule has 2 rings (SSSR count). The number of carbonyl (C=O) groups excluding carboxylic acids is 1. The molecule has 1 aromatic rings. The first-order valence-corrected chi connectivity index (χ1v) is 5.56. The van der Waals surface area contributed by atoms with Gasteiger partial charge in [0, 0.05) is 25.2 Å². The quantitative estimate of drug-likeness (QED) is 0.780. The number of anilines is 1. The van der Waals surface area contributed by atoms with Crippen molar-refractivity contribution in [3.8, 4) is 0 Å². The third-order valence-corrected chi connectivity index (χ3v) is 3.09. The van der Waals surface area contributed by atoms with Gasteiger partial charge < -0.3 is 10.6 Å². The fourth-order valence-corrected chi connectivity index (χ4v) is 2.44. The van der Waals surface area contributed by atoms with Crippen LogP contribution < -0.4 is 10.6 Å². The van der Waals surface area contributed by atoms with Crippen molar-refractivity contribution in [1.29, 1.82) is 0 Å². The number of hydrogen-bond acceptors (Lipinski definition) is 3. The average Bonchev–Trinajstić information content (AvgIpc) is 2.45. The number of nitrogens with zero attached hydrogens (tertiary/aromatic N) is 2. The van der Waals surface area contributed by atoms with Gasteiger partial charge in [-0.1, -0.05) is 0 Å². The summed E-state index contributed by atoms with van der Waals surface area (Å²) >= 11 is 3.36. The smallest absolute Gasteiger partial charge is 0.228 e. The minimum absolute atomic E-state index is 0.0657. The van der Waals surface area contributed by atoms with Crippen molar-refractivity contribution in [2.45, 2.75) is 19.4 Å². The molecule has 0 aromatic carbocycles. The lowest BCUT2D eigenvalue weighted by molar-refractivity contribution is -0.117. The van der Waals surface area contributed by atoms with Crippen molar-refractivity contribution < 1.29 is 4.79 Å². The molecule has 1 aliphatic heterocycles. The second-order valence-corrected chi connectivity index (χ2v) is 4.49. The van der Waals surface area contributed by atoms with Crippen LogP contribution >= 0.6 is 15.9 Å². The van der Waals surface area contributed by atoms with Crippen LogP contribution in [-0.4, -0.2) is 23.5 Å². The maximum atomic E-state index is 11.7.